The van der Waals surface area contributed by atoms with Crippen LogP contribution >= 0.6 is 11.8 Å². The largest absolute Gasteiger partial charge is 0.395 e. The molecule has 40 heavy (non-hydrogen) atoms. The summed E-state index contributed by atoms with van der Waals surface area (Å²) in [5.74, 6) is -1.58. The summed E-state index contributed by atoms with van der Waals surface area (Å²) < 4.78 is 27.2. The third-order valence-electron chi connectivity index (χ3n) is 6.47. The Morgan fingerprint density at radius 1 is 0.950 bits per heavy atom. The number of thioether (sulfide) groups is 1. The number of β-amino-alcohol motifs (C(OH)–C–C–N with tert-alkyl or cyclic N) is 1. The Hall–Kier alpha value is -3.93. The Bertz CT molecular complexity index is 1410. The molecule has 0 bridgehead atoms. The lowest BCUT2D eigenvalue weighted by Gasteiger charge is -2.34. The summed E-state index contributed by atoms with van der Waals surface area (Å²) in [4.78, 5) is 40.9. The van der Waals surface area contributed by atoms with Gasteiger partial charge in [-0.1, -0.05) is 30.3 Å². The third kappa shape index (κ3) is 7.38. The van der Waals surface area contributed by atoms with E-state index in [0.29, 0.717) is 49.6 Å². The van der Waals surface area contributed by atoms with E-state index in [4.69, 9.17) is 5.11 Å². The number of nitro benzene ring substituents is 1. The first-order valence-corrected chi connectivity index (χ1v) is 13.5. The van der Waals surface area contributed by atoms with E-state index in [-0.39, 0.29) is 34.6 Å². The molecule has 8 nitrogen and oxygen atoms in total. The summed E-state index contributed by atoms with van der Waals surface area (Å²) in [5, 5.41) is 20.3. The van der Waals surface area contributed by atoms with Gasteiger partial charge in [-0.15, -0.1) is 11.8 Å². The smallest absolute Gasteiger partial charge is 0.305 e. The van der Waals surface area contributed by atoms with Crippen LogP contribution in [0.5, 0.6) is 0 Å². The van der Waals surface area contributed by atoms with Crippen molar-refractivity contribution in [1.29, 1.82) is 0 Å². The zero-order valence-corrected chi connectivity index (χ0v) is 22.3. The highest BCUT2D eigenvalue weighted by Crippen LogP contribution is 2.29. The van der Waals surface area contributed by atoms with Crippen LogP contribution in [0.1, 0.15) is 31.8 Å². The predicted octanol–water partition coefficient (Wildman–Crippen LogP) is 4.78. The van der Waals surface area contributed by atoms with Crippen molar-refractivity contribution in [1.82, 2.24) is 9.80 Å². The standard InChI is InChI=1S/C29H27F2N3O5S/c30-24-8-1-20(2-9-24)19-40-27(18-21-3-10-25(31)26(17-21)34(38)39)28(36)22-4-6-23(7-5-22)29(37)33-13-11-32(12-14-33)15-16-35/h1-10,17-18,35H,11-16,19H2/b27-18+. The summed E-state index contributed by atoms with van der Waals surface area (Å²) in [5.41, 5.74) is 1.07. The van der Waals surface area contributed by atoms with E-state index in [9.17, 15) is 28.5 Å². The van der Waals surface area contributed by atoms with Crippen LogP contribution in [0.4, 0.5) is 14.5 Å². The van der Waals surface area contributed by atoms with E-state index in [2.05, 4.69) is 4.90 Å². The van der Waals surface area contributed by atoms with Crippen molar-refractivity contribution < 1.29 is 28.4 Å². The van der Waals surface area contributed by atoms with Gasteiger partial charge in [-0.25, -0.2) is 4.39 Å². The maximum atomic E-state index is 13.9. The summed E-state index contributed by atoms with van der Waals surface area (Å²) in [6.45, 7) is 3.05. The molecule has 0 spiro atoms. The number of hydrogen-bond donors (Lipinski definition) is 1. The first kappa shape index (κ1) is 29.1. The van der Waals surface area contributed by atoms with Crippen LogP contribution in [0, 0.1) is 21.7 Å². The average molecular weight is 568 g/mol. The normalized spacial score (nSPS) is 14.3. The fourth-order valence-electron chi connectivity index (χ4n) is 4.23. The van der Waals surface area contributed by atoms with Crippen molar-refractivity contribution in [2.45, 2.75) is 5.75 Å². The Kier molecular flexibility index (Phi) is 9.75. The lowest BCUT2D eigenvalue weighted by atomic mass is 10.1. The molecule has 4 rings (SSSR count). The quantitative estimate of drug-likeness (QED) is 0.163. The van der Waals surface area contributed by atoms with E-state index in [1.54, 1.807) is 41.3 Å². The number of allylic oxidation sites excluding steroid dienone is 1. The number of benzene rings is 3. The number of nitro groups is 1. The van der Waals surface area contributed by atoms with Gasteiger partial charge in [-0.05, 0) is 47.5 Å². The minimum atomic E-state index is -0.982. The van der Waals surface area contributed by atoms with Crippen LogP contribution in [0.15, 0.2) is 71.6 Å². The summed E-state index contributed by atoms with van der Waals surface area (Å²) in [6.07, 6.45) is 1.45. The second kappa shape index (κ2) is 13.4. The number of amides is 1. The number of ketones is 1. The Balaban J connectivity index is 1.55. The number of aliphatic hydroxyl groups excluding tert-OH is 1. The molecule has 3 aromatic rings. The molecule has 208 valence electrons. The molecule has 0 unspecified atom stereocenters. The van der Waals surface area contributed by atoms with Gasteiger partial charge in [-0.2, -0.15) is 4.39 Å². The van der Waals surface area contributed by atoms with Crippen molar-refractivity contribution in [3.63, 3.8) is 0 Å². The van der Waals surface area contributed by atoms with Crippen molar-refractivity contribution in [3.8, 4) is 0 Å². The second-order valence-corrected chi connectivity index (χ2v) is 10.2. The molecule has 3 aromatic carbocycles. The number of Topliss-reactive ketones (excluding diaryl/α,β-unsaturated/α-hetero) is 1. The molecule has 0 aromatic heterocycles. The highest BCUT2D eigenvalue weighted by molar-refractivity contribution is 8.03. The molecule has 0 aliphatic carbocycles. The molecule has 1 heterocycles. The van der Waals surface area contributed by atoms with Crippen LogP contribution in [-0.2, 0) is 5.75 Å². The highest BCUT2D eigenvalue weighted by atomic mass is 32.2. The van der Waals surface area contributed by atoms with Gasteiger partial charge in [-0.3, -0.25) is 24.6 Å². The molecule has 1 aliphatic heterocycles. The predicted molar refractivity (Wildman–Crippen MR) is 149 cm³/mol. The van der Waals surface area contributed by atoms with Crippen molar-refractivity contribution in [3.05, 3.63) is 116 Å². The zero-order valence-electron chi connectivity index (χ0n) is 21.5. The molecular weight excluding hydrogens is 540 g/mol. The summed E-state index contributed by atoms with van der Waals surface area (Å²) in [7, 11) is 0. The molecule has 0 saturated carbocycles. The molecule has 0 radical (unpaired) electrons. The van der Waals surface area contributed by atoms with Gasteiger partial charge in [0.1, 0.15) is 5.82 Å². The van der Waals surface area contributed by atoms with E-state index in [0.717, 1.165) is 29.5 Å². The van der Waals surface area contributed by atoms with Gasteiger partial charge in [0.05, 0.1) is 16.4 Å². The van der Waals surface area contributed by atoms with Crippen LogP contribution < -0.4 is 0 Å². The molecule has 1 amide bonds. The van der Waals surface area contributed by atoms with Gasteiger partial charge in [0.15, 0.2) is 5.78 Å². The summed E-state index contributed by atoms with van der Waals surface area (Å²) in [6, 6.07) is 15.5. The number of nitrogens with zero attached hydrogens (tertiary/aromatic N) is 3. The molecule has 11 heteroatoms. The topological polar surface area (TPSA) is 104 Å². The lowest BCUT2D eigenvalue weighted by Crippen LogP contribution is -2.49. The molecule has 1 saturated heterocycles. The maximum absolute atomic E-state index is 13.9. The number of rotatable bonds is 10. The minimum absolute atomic E-state index is 0.0696. The monoisotopic (exact) mass is 567 g/mol. The second-order valence-electron chi connectivity index (χ2n) is 9.16. The number of carbonyl (C=O) groups excluding carboxylic acids is 2. The van der Waals surface area contributed by atoms with E-state index >= 15 is 0 Å². The molecule has 0 atom stereocenters. The van der Waals surface area contributed by atoms with Gasteiger partial charge >= 0.3 is 5.69 Å². The molecule has 1 N–H and O–H groups in total. The van der Waals surface area contributed by atoms with Gasteiger partial charge in [0, 0.05) is 55.7 Å². The van der Waals surface area contributed by atoms with E-state index in [1.807, 2.05) is 0 Å². The van der Waals surface area contributed by atoms with Crippen molar-refractivity contribution in [2.75, 3.05) is 39.3 Å². The van der Waals surface area contributed by atoms with Crippen LogP contribution in [0.25, 0.3) is 6.08 Å². The van der Waals surface area contributed by atoms with E-state index in [1.165, 1.54) is 24.3 Å². The SMILES string of the molecule is O=C(/C(=C\c1ccc(F)c([N+](=O)[O-])c1)SCc1ccc(F)cc1)c1ccc(C(=O)N2CCN(CCO)CC2)cc1. The maximum Gasteiger partial charge on any atom is 0.305 e. The molecule has 1 aliphatic rings. The third-order valence-corrected chi connectivity index (χ3v) is 7.56. The molecular formula is C29H27F2N3O5S. The first-order valence-electron chi connectivity index (χ1n) is 12.6. The van der Waals surface area contributed by atoms with Gasteiger partial charge in [0.2, 0.25) is 5.82 Å². The van der Waals surface area contributed by atoms with Gasteiger partial charge in [0.25, 0.3) is 5.91 Å². The zero-order chi connectivity index (χ0) is 28.6. The van der Waals surface area contributed by atoms with Gasteiger partial charge < -0.3 is 10.0 Å². The van der Waals surface area contributed by atoms with Crippen LogP contribution in [0.2, 0.25) is 0 Å². The van der Waals surface area contributed by atoms with E-state index < -0.39 is 16.4 Å². The fraction of sp³-hybridized carbons (Fsp3) is 0.241. The van der Waals surface area contributed by atoms with Crippen molar-refractivity contribution in [2.24, 2.45) is 0 Å². The first-order chi connectivity index (χ1) is 19.2. The van der Waals surface area contributed by atoms with Crippen LogP contribution in [0.3, 0.4) is 0 Å². The Morgan fingerprint density at radius 3 is 2.23 bits per heavy atom. The lowest BCUT2D eigenvalue weighted by molar-refractivity contribution is -0.387. The number of halogens is 2. The van der Waals surface area contributed by atoms with Crippen LogP contribution in [-0.4, -0.2) is 70.9 Å². The number of carbonyl (C=O) groups is 2. The highest BCUT2D eigenvalue weighted by Gasteiger charge is 2.23. The summed E-state index contributed by atoms with van der Waals surface area (Å²) >= 11 is 1.16. The average Bonchev–Trinajstić information content (AvgIpc) is 2.96. The Labute approximate surface area is 234 Å². The Morgan fingerprint density at radius 2 is 1.60 bits per heavy atom. The van der Waals surface area contributed by atoms with Crippen molar-refractivity contribution >= 4 is 35.2 Å². The number of piperazine rings is 1. The number of aliphatic hydroxyl groups is 1. The fourth-order valence-corrected chi connectivity index (χ4v) is 5.21. The molecule has 1 fully saturated rings. The minimum Gasteiger partial charge on any atom is -0.395 e. The number of hydrogen-bond acceptors (Lipinski definition) is 7.